The molecule has 0 fully saturated rings. The molecule has 2 aromatic carbocycles. The number of nitrogens with zero attached hydrogens (tertiary/aromatic N) is 2. The summed E-state index contributed by atoms with van der Waals surface area (Å²) in [5, 5.41) is 6.75. The van der Waals surface area contributed by atoms with Gasteiger partial charge in [0.1, 0.15) is 5.82 Å². The fourth-order valence-electron chi connectivity index (χ4n) is 2.94. The van der Waals surface area contributed by atoms with E-state index in [4.69, 9.17) is 0 Å². The molecular weight excluding hydrogens is 320 g/mol. The van der Waals surface area contributed by atoms with Gasteiger partial charge in [-0.25, -0.2) is 4.98 Å². The summed E-state index contributed by atoms with van der Waals surface area (Å²) in [5.74, 6) is 1.49. The maximum Gasteiger partial charge on any atom is 0.229 e. The Morgan fingerprint density at radius 3 is 2.46 bits per heavy atom. The standard InChI is InChI=1S/C22H26N4/c1-16-11-12-20(17(2)14-16)25-22-24-18(3)15-21(26-22)23-13-7-10-19-8-5-4-6-9-19/h4-6,8-9,11-12,14-15H,7,10,13H2,1-3H3,(H2,23,24,25,26). The van der Waals surface area contributed by atoms with Crippen molar-refractivity contribution in [2.45, 2.75) is 33.6 Å². The third kappa shape index (κ3) is 5.06. The molecule has 1 aromatic heterocycles. The Morgan fingerprint density at radius 2 is 1.69 bits per heavy atom. The maximum atomic E-state index is 4.60. The first kappa shape index (κ1) is 17.9. The van der Waals surface area contributed by atoms with Crippen LogP contribution < -0.4 is 10.6 Å². The van der Waals surface area contributed by atoms with Crippen molar-refractivity contribution in [2.24, 2.45) is 0 Å². The van der Waals surface area contributed by atoms with Gasteiger partial charge in [0.05, 0.1) is 0 Å². The van der Waals surface area contributed by atoms with Crippen molar-refractivity contribution < 1.29 is 0 Å². The minimum absolute atomic E-state index is 0.627. The monoisotopic (exact) mass is 346 g/mol. The Kier molecular flexibility index (Phi) is 5.84. The Bertz CT molecular complexity index is 859. The summed E-state index contributed by atoms with van der Waals surface area (Å²) in [4.78, 5) is 9.11. The first-order valence-electron chi connectivity index (χ1n) is 9.08. The number of nitrogens with one attached hydrogen (secondary N) is 2. The third-order valence-corrected chi connectivity index (χ3v) is 4.27. The largest absolute Gasteiger partial charge is 0.370 e. The molecule has 0 amide bonds. The van der Waals surface area contributed by atoms with E-state index in [1.165, 1.54) is 16.7 Å². The number of hydrogen-bond acceptors (Lipinski definition) is 4. The van der Waals surface area contributed by atoms with Gasteiger partial charge >= 0.3 is 0 Å². The molecule has 4 nitrogen and oxygen atoms in total. The number of hydrogen-bond donors (Lipinski definition) is 2. The topological polar surface area (TPSA) is 49.8 Å². The highest BCUT2D eigenvalue weighted by atomic mass is 15.1. The molecule has 3 aromatic rings. The number of benzene rings is 2. The number of aromatic nitrogens is 2. The van der Waals surface area contributed by atoms with Crippen molar-refractivity contribution in [1.29, 1.82) is 0 Å². The number of aryl methyl sites for hydroxylation is 4. The summed E-state index contributed by atoms with van der Waals surface area (Å²) in [7, 11) is 0. The molecule has 0 aliphatic heterocycles. The van der Waals surface area contributed by atoms with Crippen LogP contribution in [-0.2, 0) is 6.42 Å². The molecule has 0 spiro atoms. The summed E-state index contributed by atoms with van der Waals surface area (Å²) in [6, 6.07) is 18.9. The van der Waals surface area contributed by atoms with Crippen LogP contribution in [0.3, 0.4) is 0 Å². The second-order valence-electron chi connectivity index (χ2n) is 6.68. The molecule has 0 bridgehead atoms. The van der Waals surface area contributed by atoms with Crippen molar-refractivity contribution in [1.82, 2.24) is 9.97 Å². The van der Waals surface area contributed by atoms with E-state index in [0.717, 1.165) is 36.6 Å². The van der Waals surface area contributed by atoms with Crippen molar-refractivity contribution in [3.63, 3.8) is 0 Å². The summed E-state index contributed by atoms with van der Waals surface area (Å²) >= 11 is 0. The Balaban J connectivity index is 1.60. The van der Waals surface area contributed by atoms with Crippen LogP contribution in [0.2, 0.25) is 0 Å². The zero-order chi connectivity index (χ0) is 18.4. The lowest BCUT2D eigenvalue weighted by molar-refractivity contribution is 0.857. The molecule has 2 N–H and O–H groups in total. The van der Waals surface area contributed by atoms with E-state index in [2.05, 4.69) is 83.0 Å². The predicted molar refractivity (Wildman–Crippen MR) is 109 cm³/mol. The zero-order valence-corrected chi connectivity index (χ0v) is 15.7. The fourth-order valence-corrected chi connectivity index (χ4v) is 2.94. The van der Waals surface area contributed by atoms with E-state index < -0.39 is 0 Å². The molecule has 4 heteroatoms. The van der Waals surface area contributed by atoms with Crippen molar-refractivity contribution in [3.8, 4) is 0 Å². The molecule has 0 saturated carbocycles. The predicted octanol–water partition coefficient (Wildman–Crippen LogP) is 5.19. The molecule has 1 heterocycles. The lowest BCUT2D eigenvalue weighted by Crippen LogP contribution is -2.08. The molecule has 134 valence electrons. The fraction of sp³-hybridized carbons (Fsp3) is 0.273. The molecule has 0 aliphatic carbocycles. The van der Waals surface area contributed by atoms with Crippen LogP contribution in [0.15, 0.2) is 54.6 Å². The summed E-state index contributed by atoms with van der Waals surface area (Å²) in [5.41, 5.74) is 5.78. The first-order valence-corrected chi connectivity index (χ1v) is 9.08. The van der Waals surface area contributed by atoms with Gasteiger partial charge < -0.3 is 10.6 Å². The van der Waals surface area contributed by atoms with E-state index in [1.807, 2.05) is 13.0 Å². The van der Waals surface area contributed by atoms with Gasteiger partial charge in [-0.15, -0.1) is 0 Å². The highest BCUT2D eigenvalue weighted by molar-refractivity contribution is 5.60. The van der Waals surface area contributed by atoms with Gasteiger partial charge in [-0.1, -0.05) is 48.0 Å². The van der Waals surface area contributed by atoms with Gasteiger partial charge in [0.15, 0.2) is 0 Å². The smallest absolute Gasteiger partial charge is 0.229 e. The second kappa shape index (κ2) is 8.48. The van der Waals surface area contributed by atoms with Crippen molar-refractivity contribution in [3.05, 3.63) is 77.0 Å². The summed E-state index contributed by atoms with van der Waals surface area (Å²) in [6.45, 7) is 7.06. The SMILES string of the molecule is Cc1ccc(Nc2nc(C)cc(NCCCc3ccccc3)n2)c(C)c1. The lowest BCUT2D eigenvalue weighted by atomic mass is 10.1. The van der Waals surface area contributed by atoms with Gasteiger partial charge in [-0.3, -0.25) is 0 Å². The van der Waals surface area contributed by atoms with E-state index in [9.17, 15) is 0 Å². The molecule has 0 radical (unpaired) electrons. The van der Waals surface area contributed by atoms with Crippen LogP contribution >= 0.6 is 0 Å². The van der Waals surface area contributed by atoms with Crippen LogP contribution in [0.5, 0.6) is 0 Å². The van der Waals surface area contributed by atoms with Crippen LogP contribution in [0.25, 0.3) is 0 Å². The average molecular weight is 346 g/mol. The maximum absolute atomic E-state index is 4.60. The highest BCUT2D eigenvalue weighted by Crippen LogP contribution is 2.20. The van der Waals surface area contributed by atoms with E-state index in [0.29, 0.717) is 5.95 Å². The van der Waals surface area contributed by atoms with E-state index >= 15 is 0 Å². The highest BCUT2D eigenvalue weighted by Gasteiger charge is 2.05. The minimum atomic E-state index is 0.627. The van der Waals surface area contributed by atoms with Crippen molar-refractivity contribution >= 4 is 17.5 Å². The summed E-state index contributed by atoms with van der Waals surface area (Å²) < 4.78 is 0. The molecule has 26 heavy (non-hydrogen) atoms. The molecular formula is C22H26N4. The van der Waals surface area contributed by atoms with Gasteiger partial charge in [0.25, 0.3) is 0 Å². The summed E-state index contributed by atoms with van der Waals surface area (Å²) in [6.07, 6.45) is 2.12. The Morgan fingerprint density at radius 1 is 0.885 bits per heavy atom. The molecule has 3 rings (SSSR count). The molecule has 0 unspecified atom stereocenters. The first-order chi connectivity index (χ1) is 12.6. The van der Waals surface area contributed by atoms with Gasteiger partial charge in [0.2, 0.25) is 5.95 Å². The van der Waals surface area contributed by atoms with Crippen molar-refractivity contribution in [2.75, 3.05) is 17.2 Å². The van der Waals surface area contributed by atoms with Crippen LogP contribution in [0.1, 0.15) is 28.8 Å². The van der Waals surface area contributed by atoms with Gasteiger partial charge in [0, 0.05) is 24.0 Å². The number of anilines is 3. The molecule has 0 saturated heterocycles. The lowest BCUT2D eigenvalue weighted by Gasteiger charge is -2.12. The van der Waals surface area contributed by atoms with Crippen LogP contribution in [-0.4, -0.2) is 16.5 Å². The van der Waals surface area contributed by atoms with E-state index in [1.54, 1.807) is 0 Å². The minimum Gasteiger partial charge on any atom is -0.370 e. The van der Waals surface area contributed by atoms with Crippen LogP contribution in [0, 0.1) is 20.8 Å². The third-order valence-electron chi connectivity index (χ3n) is 4.27. The van der Waals surface area contributed by atoms with Gasteiger partial charge in [-0.2, -0.15) is 4.98 Å². The average Bonchev–Trinajstić information content (AvgIpc) is 2.62. The zero-order valence-electron chi connectivity index (χ0n) is 15.7. The molecule has 0 aliphatic rings. The normalized spacial score (nSPS) is 10.6. The quantitative estimate of drug-likeness (QED) is 0.578. The molecule has 0 atom stereocenters. The van der Waals surface area contributed by atoms with Gasteiger partial charge in [-0.05, 0) is 50.8 Å². The Hall–Kier alpha value is -2.88. The second-order valence-corrected chi connectivity index (χ2v) is 6.68. The Labute approximate surface area is 155 Å². The van der Waals surface area contributed by atoms with Crippen LogP contribution in [0.4, 0.5) is 17.5 Å². The number of rotatable bonds is 7. The van der Waals surface area contributed by atoms with E-state index in [-0.39, 0.29) is 0 Å².